The van der Waals surface area contributed by atoms with Gasteiger partial charge >= 0.3 is 0 Å². The second kappa shape index (κ2) is 8.48. The van der Waals surface area contributed by atoms with Gasteiger partial charge in [0.15, 0.2) is 0 Å². The maximum atomic E-state index is 5.98. The topological polar surface area (TPSA) is 44.5 Å². The lowest BCUT2D eigenvalue weighted by Crippen LogP contribution is -2.28. The molecule has 2 atom stereocenters. The van der Waals surface area contributed by atoms with E-state index in [1.165, 1.54) is 0 Å². The Hall–Kier alpha value is -0.610. The molecule has 1 rings (SSSR count). The first-order valence-electron chi connectivity index (χ1n) is 6.35. The first-order valence-corrected chi connectivity index (χ1v) is 6.73. The highest BCUT2D eigenvalue weighted by Crippen LogP contribution is 2.23. The van der Waals surface area contributed by atoms with E-state index in [-0.39, 0.29) is 12.1 Å². The molecule has 0 saturated heterocycles. The summed E-state index contributed by atoms with van der Waals surface area (Å²) in [6.45, 7) is 5.91. The highest BCUT2D eigenvalue weighted by molar-refractivity contribution is 6.30. The normalized spacial score (nSPS) is 14.4. The molecule has 0 amide bonds. The molecule has 0 aromatic heterocycles. The summed E-state index contributed by atoms with van der Waals surface area (Å²) in [5.41, 5.74) is 6.96. The van der Waals surface area contributed by atoms with Crippen molar-refractivity contribution in [2.24, 2.45) is 5.73 Å². The van der Waals surface area contributed by atoms with Gasteiger partial charge in [-0.3, -0.25) is 0 Å². The van der Waals surface area contributed by atoms with Crippen molar-refractivity contribution in [1.82, 2.24) is 0 Å². The van der Waals surface area contributed by atoms with Crippen molar-refractivity contribution in [2.45, 2.75) is 32.4 Å². The molecule has 0 heterocycles. The van der Waals surface area contributed by atoms with Crippen LogP contribution in [-0.4, -0.2) is 25.9 Å². The number of halogens is 1. The number of rotatable bonds is 8. The van der Waals surface area contributed by atoms with Crippen LogP contribution < -0.4 is 5.73 Å². The van der Waals surface area contributed by atoms with Gasteiger partial charge in [-0.15, -0.1) is 0 Å². The Balaban J connectivity index is 2.50. The average molecular weight is 272 g/mol. The molecule has 0 fully saturated rings. The Kier molecular flexibility index (Phi) is 7.28. The summed E-state index contributed by atoms with van der Waals surface area (Å²) in [7, 11) is 0. The van der Waals surface area contributed by atoms with Gasteiger partial charge in [0.2, 0.25) is 0 Å². The Morgan fingerprint density at radius 1 is 1.28 bits per heavy atom. The molecule has 0 aliphatic heterocycles. The first kappa shape index (κ1) is 15.4. The van der Waals surface area contributed by atoms with Crippen LogP contribution in [0.25, 0.3) is 0 Å². The summed E-state index contributed by atoms with van der Waals surface area (Å²) in [4.78, 5) is 0. The van der Waals surface area contributed by atoms with Gasteiger partial charge in [-0.2, -0.15) is 0 Å². The van der Waals surface area contributed by atoms with Gasteiger partial charge in [0, 0.05) is 17.7 Å². The van der Waals surface area contributed by atoms with Crippen LogP contribution in [0.4, 0.5) is 0 Å². The summed E-state index contributed by atoms with van der Waals surface area (Å²) in [6, 6.07) is 7.53. The van der Waals surface area contributed by atoms with Crippen LogP contribution in [0.15, 0.2) is 24.3 Å². The number of ether oxygens (including phenoxy) is 2. The predicted molar refractivity (Wildman–Crippen MR) is 74.9 cm³/mol. The van der Waals surface area contributed by atoms with Crippen molar-refractivity contribution in [3.05, 3.63) is 34.9 Å². The van der Waals surface area contributed by atoms with Crippen molar-refractivity contribution >= 4 is 11.6 Å². The molecule has 0 aliphatic carbocycles. The molecule has 0 radical (unpaired) electrons. The third-order valence-electron chi connectivity index (χ3n) is 2.53. The molecule has 18 heavy (non-hydrogen) atoms. The summed E-state index contributed by atoms with van der Waals surface area (Å²) in [6.07, 6.45) is 0.874. The summed E-state index contributed by atoms with van der Waals surface area (Å²) < 4.78 is 11.2. The quantitative estimate of drug-likeness (QED) is 0.739. The zero-order valence-corrected chi connectivity index (χ0v) is 11.8. The monoisotopic (exact) mass is 271 g/mol. The van der Waals surface area contributed by atoms with Crippen LogP contribution in [-0.2, 0) is 9.47 Å². The van der Waals surface area contributed by atoms with Gasteiger partial charge in [0.05, 0.1) is 19.3 Å². The molecule has 1 aromatic carbocycles. The fourth-order valence-electron chi connectivity index (χ4n) is 1.72. The predicted octanol–water partition coefficient (Wildman–Crippen LogP) is 3.17. The number of nitrogens with two attached hydrogens (primary N) is 1. The minimum atomic E-state index is -0.145. The fourth-order valence-corrected chi connectivity index (χ4v) is 1.91. The lowest BCUT2D eigenvalue weighted by Gasteiger charge is -2.22. The SMILES string of the molecule is CCCOCCOC(c1cccc(Cl)c1)C(C)N. The minimum Gasteiger partial charge on any atom is -0.379 e. The van der Waals surface area contributed by atoms with Crippen LogP contribution >= 0.6 is 11.6 Å². The maximum Gasteiger partial charge on any atom is 0.0974 e. The minimum absolute atomic E-state index is 0.0883. The van der Waals surface area contributed by atoms with E-state index < -0.39 is 0 Å². The second-order valence-corrected chi connectivity index (χ2v) is 4.75. The van der Waals surface area contributed by atoms with E-state index in [4.69, 9.17) is 26.8 Å². The van der Waals surface area contributed by atoms with Gasteiger partial charge in [-0.05, 0) is 31.0 Å². The number of hydrogen-bond donors (Lipinski definition) is 1. The molecular formula is C14H22ClNO2. The molecule has 0 aliphatic rings. The molecule has 0 bridgehead atoms. The Labute approximate surface area is 114 Å². The van der Waals surface area contributed by atoms with Crippen molar-refractivity contribution in [1.29, 1.82) is 0 Å². The smallest absolute Gasteiger partial charge is 0.0974 e. The van der Waals surface area contributed by atoms with E-state index in [0.717, 1.165) is 18.6 Å². The van der Waals surface area contributed by atoms with E-state index in [0.29, 0.717) is 18.2 Å². The van der Waals surface area contributed by atoms with E-state index in [1.54, 1.807) is 0 Å². The van der Waals surface area contributed by atoms with Crippen LogP contribution in [0.5, 0.6) is 0 Å². The van der Waals surface area contributed by atoms with Gasteiger partial charge < -0.3 is 15.2 Å². The standard InChI is InChI=1S/C14H22ClNO2/c1-3-7-17-8-9-18-14(11(2)16)12-5-4-6-13(15)10-12/h4-6,10-11,14H,3,7-9,16H2,1-2H3. The lowest BCUT2D eigenvalue weighted by molar-refractivity contribution is -0.00470. The average Bonchev–Trinajstić information content (AvgIpc) is 2.33. The number of benzene rings is 1. The Morgan fingerprint density at radius 2 is 2.06 bits per heavy atom. The lowest BCUT2D eigenvalue weighted by atomic mass is 10.0. The fraction of sp³-hybridized carbons (Fsp3) is 0.571. The molecule has 2 N–H and O–H groups in total. The highest BCUT2D eigenvalue weighted by Gasteiger charge is 2.16. The molecular weight excluding hydrogens is 250 g/mol. The summed E-state index contributed by atoms with van der Waals surface area (Å²) >= 11 is 5.98. The van der Waals surface area contributed by atoms with E-state index >= 15 is 0 Å². The first-order chi connectivity index (χ1) is 8.65. The van der Waals surface area contributed by atoms with Crippen LogP contribution in [0.3, 0.4) is 0 Å². The Morgan fingerprint density at radius 3 is 2.67 bits per heavy atom. The van der Waals surface area contributed by atoms with Gasteiger partial charge in [-0.25, -0.2) is 0 Å². The van der Waals surface area contributed by atoms with E-state index in [2.05, 4.69) is 6.92 Å². The van der Waals surface area contributed by atoms with Crippen LogP contribution in [0.2, 0.25) is 5.02 Å². The second-order valence-electron chi connectivity index (χ2n) is 4.32. The highest BCUT2D eigenvalue weighted by atomic mass is 35.5. The van der Waals surface area contributed by atoms with Crippen molar-refractivity contribution in [2.75, 3.05) is 19.8 Å². The van der Waals surface area contributed by atoms with Crippen molar-refractivity contribution in [3.63, 3.8) is 0 Å². The van der Waals surface area contributed by atoms with Crippen molar-refractivity contribution < 1.29 is 9.47 Å². The zero-order chi connectivity index (χ0) is 13.4. The van der Waals surface area contributed by atoms with Gasteiger partial charge in [-0.1, -0.05) is 30.7 Å². The van der Waals surface area contributed by atoms with Crippen molar-refractivity contribution in [3.8, 4) is 0 Å². The maximum absolute atomic E-state index is 5.98. The molecule has 102 valence electrons. The zero-order valence-electron chi connectivity index (χ0n) is 11.1. The third kappa shape index (κ3) is 5.36. The summed E-state index contributed by atoms with van der Waals surface area (Å²) in [5, 5.41) is 0.698. The molecule has 2 unspecified atom stereocenters. The molecule has 1 aromatic rings. The molecule has 3 nitrogen and oxygen atoms in total. The van der Waals surface area contributed by atoms with Crippen LogP contribution in [0, 0.1) is 0 Å². The molecule has 0 saturated carbocycles. The van der Waals surface area contributed by atoms with Gasteiger partial charge in [0.25, 0.3) is 0 Å². The van der Waals surface area contributed by atoms with E-state index in [9.17, 15) is 0 Å². The Bertz CT molecular complexity index is 344. The molecule has 0 spiro atoms. The van der Waals surface area contributed by atoms with Crippen LogP contribution in [0.1, 0.15) is 31.9 Å². The summed E-state index contributed by atoms with van der Waals surface area (Å²) in [5.74, 6) is 0. The van der Waals surface area contributed by atoms with Gasteiger partial charge in [0.1, 0.15) is 0 Å². The molecule has 4 heteroatoms. The largest absolute Gasteiger partial charge is 0.379 e. The third-order valence-corrected chi connectivity index (χ3v) is 2.76. The number of hydrogen-bond acceptors (Lipinski definition) is 3. The van der Waals surface area contributed by atoms with E-state index in [1.807, 2.05) is 31.2 Å².